The van der Waals surface area contributed by atoms with Crippen molar-refractivity contribution in [1.29, 1.82) is 21.0 Å². The van der Waals surface area contributed by atoms with E-state index in [9.17, 15) is 30.6 Å². The van der Waals surface area contributed by atoms with Crippen molar-refractivity contribution in [1.82, 2.24) is 0 Å². The molecule has 0 bridgehead atoms. The number of hydrogen-bond donors (Lipinski definition) is 0. The van der Waals surface area contributed by atoms with E-state index in [0.29, 0.717) is 32.0 Å². The summed E-state index contributed by atoms with van der Waals surface area (Å²) in [4.78, 5) is 31.9. The van der Waals surface area contributed by atoms with Gasteiger partial charge in [0.25, 0.3) is 0 Å². The van der Waals surface area contributed by atoms with Gasteiger partial charge in [-0.2, -0.15) is 21.0 Å². The zero-order valence-electron chi connectivity index (χ0n) is 29.5. The maximum atomic E-state index is 13.5. The predicted octanol–water partition coefficient (Wildman–Crippen LogP) is 11.7. The van der Waals surface area contributed by atoms with Crippen LogP contribution in [0.3, 0.4) is 0 Å². The summed E-state index contributed by atoms with van der Waals surface area (Å²) in [5, 5.41) is 40.9. The number of rotatable bonds is 4. The molecule has 54 heavy (non-hydrogen) atoms. The second-order valence-electron chi connectivity index (χ2n) is 12.2. The summed E-state index contributed by atoms with van der Waals surface area (Å²) in [7, 11) is 0. The molecule has 0 saturated carbocycles. The van der Waals surface area contributed by atoms with Crippen LogP contribution in [0, 0.1) is 45.3 Å². The predicted molar refractivity (Wildman–Crippen MR) is 218 cm³/mol. The third kappa shape index (κ3) is 5.30. The van der Waals surface area contributed by atoms with Crippen LogP contribution in [0.15, 0.2) is 119 Å². The molecule has 9 rings (SSSR count). The van der Waals surface area contributed by atoms with Gasteiger partial charge in [-0.25, -0.2) is 0 Å². The van der Waals surface area contributed by atoms with Crippen LogP contribution in [0.5, 0.6) is 0 Å². The molecule has 250 valence electrons. The zero-order chi connectivity index (χ0) is 38.8. The molecule has 0 atom stereocenters. The fraction of sp³-hybridized carbons (Fsp3) is 0. The van der Waals surface area contributed by atoms with Crippen molar-refractivity contribution < 1.29 is 12.3 Å². The Hall–Kier alpha value is -6.76. The van der Waals surface area contributed by atoms with Crippen LogP contribution < -0.4 is 0 Å². The third-order valence-corrected chi connectivity index (χ3v) is 13.7. The summed E-state index contributed by atoms with van der Waals surface area (Å²) in [6, 6.07) is 37.2. The second kappa shape index (κ2) is 13.0. The molecular weight excluding hydrogens is 745 g/mol. The molecule has 0 spiro atoms. The third-order valence-electron chi connectivity index (χ3n) is 9.13. The number of fused-ring (bicyclic) bond motifs is 4. The normalized spacial score (nSPS) is 15.6. The summed E-state index contributed by atoms with van der Waals surface area (Å²) in [5.41, 5.74) is 1.86. The van der Waals surface area contributed by atoms with E-state index in [1.54, 1.807) is 83.3 Å². The standard InChI is InChI=1S/C44H18N4O2S4/c45-19-25(20-46)41-29-5-1-3-7-31(29)43(49)33(41)17-27-9-11-35(51-27)39-15-23-13-38-24(14-37(23)53-39)16-40(54-38)36-12-10-28(52-36)18-34-42(26(21-47)22-48)30-6-2-4-8-32(30)44(34)50/h1-18H/b33-17-,34-18-/i17D,18D. The Kier molecular flexibility index (Phi) is 7.44. The van der Waals surface area contributed by atoms with Crippen molar-refractivity contribution >= 4 is 100 Å². The number of nitrogens with zero attached hydrogens (tertiary/aromatic N) is 4. The lowest BCUT2D eigenvalue weighted by Crippen LogP contribution is -1.95. The van der Waals surface area contributed by atoms with Gasteiger partial charge in [0.2, 0.25) is 0 Å². The van der Waals surface area contributed by atoms with Crippen molar-refractivity contribution in [3.63, 3.8) is 0 Å². The van der Waals surface area contributed by atoms with Gasteiger partial charge in [-0.3, -0.25) is 9.59 Å². The van der Waals surface area contributed by atoms with E-state index in [1.807, 2.05) is 36.4 Å². The molecule has 0 N–H and O–H groups in total. The van der Waals surface area contributed by atoms with E-state index >= 15 is 0 Å². The molecule has 4 heterocycles. The first-order valence-electron chi connectivity index (χ1n) is 17.2. The summed E-state index contributed by atoms with van der Waals surface area (Å²) in [6.45, 7) is 0. The molecular formula is C44H18N4O2S4. The number of hydrogen-bond acceptors (Lipinski definition) is 10. The Morgan fingerprint density at radius 1 is 0.500 bits per heavy atom. The van der Waals surface area contributed by atoms with Crippen LogP contribution in [0.2, 0.25) is 0 Å². The minimum absolute atomic E-state index is 0.0222. The minimum Gasteiger partial charge on any atom is -0.289 e. The van der Waals surface area contributed by atoms with Gasteiger partial charge >= 0.3 is 0 Å². The Morgan fingerprint density at radius 3 is 1.28 bits per heavy atom. The number of ketones is 2. The van der Waals surface area contributed by atoms with Crippen LogP contribution >= 0.6 is 45.3 Å². The molecule has 0 unspecified atom stereocenters. The SMILES string of the molecule is [2H]/C(=C1/C(=O)c2ccccc2C1=C(C#N)C#N)c1ccc(-c2cc3cc4sc(-c5ccc(/C([2H])=C6\C(=O)c7ccccc7C6=C(C#N)C#N)s5)cc4cc3s2)s1. The highest BCUT2D eigenvalue weighted by atomic mass is 32.1. The molecule has 0 radical (unpaired) electrons. The maximum absolute atomic E-state index is 13.5. The van der Waals surface area contributed by atoms with Gasteiger partial charge in [0.15, 0.2) is 11.6 Å². The highest BCUT2D eigenvalue weighted by Crippen LogP contribution is 2.46. The van der Waals surface area contributed by atoms with Crippen LogP contribution in [-0.4, -0.2) is 11.6 Å². The van der Waals surface area contributed by atoms with E-state index in [2.05, 4.69) is 24.3 Å². The second-order valence-corrected chi connectivity index (χ2v) is 16.5. The Morgan fingerprint density at radius 2 is 0.889 bits per heavy atom. The zero-order valence-corrected chi connectivity index (χ0v) is 30.7. The Labute approximate surface area is 327 Å². The van der Waals surface area contributed by atoms with E-state index in [0.717, 1.165) is 39.7 Å². The lowest BCUT2D eigenvalue weighted by molar-refractivity contribution is 0.103. The van der Waals surface area contributed by atoms with E-state index in [1.165, 1.54) is 22.7 Å². The van der Waals surface area contributed by atoms with Crippen molar-refractivity contribution in [3.05, 3.63) is 151 Å². The van der Waals surface area contributed by atoms with Crippen molar-refractivity contribution in [3.8, 4) is 43.8 Å². The number of carbonyl (C=O) groups excluding carboxylic acids is 2. The molecule has 0 aliphatic heterocycles. The Bertz CT molecular complexity index is 2970. The highest BCUT2D eigenvalue weighted by molar-refractivity contribution is 7.27. The number of allylic oxidation sites excluding steroid dienone is 6. The molecule has 0 amide bonds. The van der Waals surface area contributed by atoms with Crippen LogP contribution in [0.4, 0.5) is 0 Å². The van der Waals surface area contributed by atoms with Gasteiger partial charge in [-0.1, -0.05) is 48.5 Å². The lowest BCUT2D eigenvalue weighted by Gasteiger charge is -2.01. The topological polar surface area (TPSA) is 129 Å². The van der Waals surface area contributed by atoms with E-state index in [-0.39, 0.29) is 57.1 Å². The van der Waals surface area contributed by atoms with Crippen molar-refractivity contribution in [2.75, 3.05) is 0 Å². The molecule has 3 aromatic carbocycles. The molecule has 4 aromatic heterocycles. The monoisotopic (exact) mass is 764 g/mol. The molecule has 2 aliphatic rings. The molecule has 10 heteroatoms. The number of carbonyl (C=O) groups is 2. The fourth-order valence-electron chi connectivity index (χ4n) is 6.73. The number of thiophene rings is 4. The molecule has 2 aliphatic carbocycles. The minimum atomic E-state index is -0.373. The van der Waals surface area contributed by atoms with Gasteiger partial charge in [0, 0.05) is 72.1 Å². The number of Topliss-reactive ketones (excluding diaryl/α,β-unsaturated/α-hetero) is 2. The highest BCUT2D eigenvalue weighted by Gasteiger charge is 2.33. The maximum Gasteiger partial charge on any atom is 0.194 e. The first kappa shape index (κ1) is 30.8. The lowest BCUT2D eigenvalue weighted by atomic mass is 9.99. The fourth-order valence-corrected chi connectivity index (χ4v) is 10.9. The first-order chi connectivity index (χ1) is 27.2. The average molecular weight is 765 g/mol. The smallest absolute Gasteiger partial charge is 0.194 e. The van der Waals surface area contributed by atoms with Gasteiger partial charge in [0.1, 0.15) is 35.4 Å². The van der Waals surface area contributed by atoms with E-state index in [4.69, 9.17) is 2.74 Å². The Balaban J connectivity index is 1.03. The van der Waals surface area contributed by atoms with Gasteiger partial charge in [0.05, 0.1) is 2.74 Å². The quantitative estimate of drug-likeness (QED) is 0.130. The molecule has 0 saturated heterocycles. The summed E-state index contributed by atoms with van der Waals surface area (Å²) in [5.74, 6) is -0.747. The molecule has 6 nitrogen and oxygen atoms in total. The van der Waals surface area contributed by atoms with Gasteiger partial charge in [-0.15, -0.1) is 45.3 Å². The number of benzene rings is 3. The average Bonchev–Trinajstić information content (AvgIpc) is 4.08. The summed E-state index contributed by atoms with van der Waals surface area (Å²) < 4.78 is 20.3. The van der Waals surface area contributed by atoms with Crippen LogP contribution in [0.25, 0.3) is 62.9 Å². The van der Waals surface area contributed by atoms with Crippen LogP contribution in [0.1, 0.15) is 44.3 Å². The first-order valence-corrected chi connectivity index (χ1v) is 19.5. The number of nitriles is 4. The molecule has 0 fully saturated rings. The van der Waals surface area contributed by atoms with E-state index < -0.39 is 0 Å². The molecule has 7 aromatic rings. The van der Waals surface area contributed by atoms with Gasteiger partial charge < -0.3 is 0 Å². The summed E-state index contributed by atoms with van der Waals surface area (Å²) >= 11 is 6.00. The van der Waals surface area contributed by atoms with Crippen LogP contribution in [-0.2, 0) is 0 Å². The van der Waals surface area contributed by atoms with Crippen molar-refractivity contribution in [2.24, 2.45) is 0 Å². The van der Waals surface area contributed by atoms with Crippen molar-refractivity contribution in [2.45, 2.75) is 0 Å². The largest absolute Gasteiger partial charge is 0.289 e. The summed E-state index contributed by atoms with van der Waals surface area (Å²) in [6.07, 6.45) is 0. The van der Waals surface area contributed by atoms with Gasteiger partial charge in [-0.05, 0) is 82.5 Å².